The molecule has 0 atom stereocenters. The van der Waals surface area contributed by atoms with Gasteiger partial charge in [-0.25, -0.2) is 4.98 Å². The molecule has 0 saturated heterocycles. The summed E-state index contributed by atoms with van der Waals surface area (Å²) in [5.41, 5.74) is 1.49. The molecule has 0 spiro atoms. The first kappa shape index (κ1) is 17.5. The summed E-state index contributed by atoms with van der Waals surface area (Å²) in [5, 5.41) is 9.95. The summed E-state index contributed by atoms with van der Waals surface area (Å²) in [5.74, 6) is -1.12. The zero-order valence-corrected chi connectivity index (χ0v) is 15.7. The van der Waals surface area contributed by atoms with Gasteiger partial charge in [-0.2, -0.15) is 0 Å². The summed E-state index contributed by atoms with van der Waals surface area (Å²) in [7, 11) is 0. The molecule has 2 aromatic heterocycles. The Morgan fingerprint density at radius 3 is 2.41 bits per heavy atom. The van der Waals surface area contributed by atoms with E-state index in [0.29, 0.717) is 21.1 Å². The van der Waals surface area contributed by atoms with E-state index in [-0.39, 0.29) is 11.3 Å². The highest BCUT2D eigenvalue weighted by molar-refractivity contribution is 7.99. The minimum atomic E-state index is -0.954. The van der Waals surface area contributed by atoms with Crippen molar-refractivity contribution in [3.8, 4) is 16.1 Å². The van der Waals surface area contributed by atoms with Crippen LogP contribution in [0.4, 0.5) is 0 Å². The van der Waals surface area contributed by atoms with Crippen LogP contribution < -0.4 is 5.56 Å². The van der Waals surface area contributed by atoms with E-state index >= 15 is 0 Å². The first-order valence-corrected chi connectivity index (χ1v) is 9.96. The zero-order valence-electron chi connectivity index (χ0n) is 14.0. The number of nitrogens with zero attached hydrogens (tertiary/aromatic N) is 2. The largest absolute Gasteiger partial charge is 0.481 e. The van der Waals surface area contributed by atoms with E-state index in [2.05, 4.69) is 4.98 Å². The number of thioether (sulfide) groups is 1. The minimum absolute atomic E-state index is 0.165. The van der Waals surface area contributed by atoms with Gasteiger partial charge >= 0.3 is 5.97 Å². The van der Waals surface area contributed by atoms with E-state index in [0.717, 1.165) is 22.2 Å². The maximum absolute atomic E-state index is 13.2. The maximum Gasteiger partial charge on any atom is 0.313 e. The summed E-state index contributed by atoms with van der Waals surface area (Å²) in [6.07, 6.45) is 0. The first-order chi connectivity index (χ1) is 13.1. The second-order valence-corrected chi connectivity index (χ2v) is 7.72. The molecule has 2 heterocycles. The molecule has 4 rings (SSSR count). The van der Waals surface area contributed by atoms with E-state index in [1.807, 2.05) is 66.7 Å². The highest BCUT2D eigenvalue weighted by Crippen LogP contribution is 2.32. The topological polar surface area (TPSA) is 72.2 Å². The zero-order chi connectivity index (χ0) is 18.8. The number of carbonyl (C=O) groups is 1. The van der Waals surface area contributed by atoms with Crippen LogP contribution in [0.1, 0.15) is 0 Å². The maximum atomic E-state index is 13.2. The van der Waals surface area contributed by atoms with Gasteiger partial charge in [-0.05, 0) is 23.8 Å². The number of aliphatic carboxylic acids is 1. The van der Waals surface area contributed by atoms with Gasteiger partial charge in [-0.15, -0.1) is 11.3 Å². The van der Waals surface area contributed by atoms with Gasteiger partial charge < -0.3 is 5.11 Å². The summed E-state index contributed by atoms with van der Waals surface area (Å²) in [4.78, 5) is 30.4. The fourth-order valence-corrected chi connectivity index (χ4v) is 4.55. The number of benzene rings is 2. The molecule has 0 radical (unpaired) electrons. The van der Waals surface area contributed by atoms with Crippen LogP contribution in [0.3, 0.4) is 0 Å². The Labute approximate surface area is 162 Å². The van der Waals surface area contributed by atoms with Crippen LogP contribution in [0.5, 0.6) is 0 Å². The second-order valence-electron chi connectivity index (χ2n) is 5.75. The van der Waals surface area contributed by atoms with Crippen molar-refractivity contribution in [1.82, 2.24) is 9.55 Å². The molecule has 0 amide bonds. The van der Waals surface area contributed by atoms with Gasteiger partial charge in [0.05, 0.1) is 16.8 Å². The van der Waals surface area contributed by atoms with Crippen LogP contribution >= 0.6 is 23.1 Å². The molecular weight excluding hydrogens is 380 g/mol. The van der Waals surface area contributed by atoms with Crippen molar-refractivity contribution in [2.45, 2.75) is 5.16 Å². The lowest BCUT2D eigenvalue weighted by molar-refractivity contribution is -0.133. The van der Waals surface area contributed by atoms with Crippen molar-refractivity contribution in [1.29, 1.82) is 0 Å². The number of rotatable bonds is 5. The quantitative estimate of drug-likeness (QED) is 0.404. The van der Waals surface area contributed by atoms with Crippen molar-refractivity contribution in [2.24, 2.45) is 0 Å². The van der Waals surface area contributed by atoms with Crippen molar-refractivity contribution in [2.75, 3.05) is 5.75 Å². The summed E-state index contributed by atoms with van der Waals surface area (Å²) in [6, 6.07) is 20.8. The van der Waals surface area contributed by atoms with E-state index < -0.39 is 5.97 Å². The second kappa shape index (κ2) is 7.38. The average molecular weight is 394 g/mol. The molecule has 7 heteroatoms. The number of fused-ring (bicyclic) bond motifs is 1. The summed E-state index contributed by atoms with van der Waals surface area (Å²) in [6.45, 7) is 0. The lowest BCUT2D eigenvalue weighted by Crippen LogP contribution is -2.21. The predicted molar refractivity (Wildman–Crippen MR) is 109 cm³/mol. The molecule has 0 saturated carbocycles. The molecule has 0 bridgehead atoms. The Hall–Kier alpha value is -2.90. The van der Waals surface area contributed by atoms with Crippen LogP contribution in [0.2, 0.25) is 0 Å². The standard InChI is InChI=1S/C20H14N2O3S2/c23-17(24)12-26-20-21-18-15(11-16(27-18)13-7-3-1-4-8-13)19(25)22(20)14-9-5-2-6-10-14/h1-11H,12H2,(H,23,24). The van der Waals surface area contributed by atoms with Gasteiger partial charge in [-0.1, -0.05) is 60.3 Å². The molecule has 0 fully saturated rings. The van der Waals surface area contributed by atoms with Crippen molar-refractivity contribution in [3.63, 3.8) is 0 Å². The number of hydrogen-bond acceptors (Lipinski definition) is 5. The van der Waals surface area contributed by atoms with Gasteiger partial charge in [0.1, 0.15) is 4.83 Å². The van der Waals surface area contributed by atoms with Crippen molar-refractivity contribution in [3.05, 3.63) is 77.1 Å². The third-order valence-corrected chi connectivity index (χ3v) is 5.93. The van der Waals surface area contributed by atoms with Gasteiger partial charge in [0, 0.05) is 4.88 Å². The third-order valence-electron chi connectivity index (χ3n) is 3.93. The monoisotopic (exact) mass is 394 g/mol. The number of carboxylic acid groups (broad SMARTS) is 1. The number of para-hydroxylation sites is 1. The van der Waals surface area contributed by atoms with Gasteiger partial charge in [0.25, 0.3) is 5.56 Å². The molecule has 1 N–H and O–H groups in total. The summed E-state index contributed by atoms with van der Waals surface area (Å²) >= 11 is 2.47. The number of hydrogen-bond donors (Lipinski definition) is 1. The molecule has 0 aliphatic heterocycles. The Bertz CT molecular complexity index is 1170. The van der Waals surface area contributed by atoms with Crippen LogP contribution in [-0.4, -0.2) is 26.4 Å². The van der Waals surface area contributed by atoms with E-state index in [1.165, 1.54) is 15.9 Å². The Morgan fingerprint density at radius 1 is 1.07 bits per heavy atom. The molecule has 5 nitrogen and oxygen atoms in total. The molecule has 0 unspecified atom stereocenters. The molecular formula is C20H14N2O3S2. The fourth-order valence-electron chi connectivity index (χ4n) is 2.73. The van der Waals surface area contributed by atoms with Crippen LogP contribution in [0, 0.1) is 0 Å². The highest BCUT2D eigenvalue weighted by atomic mass is 32.2. The molecule has 134 valence electrons. The fraction of sp³-hybridized carbons (Fsp3) is 0.0500. The van der Waals surface area contributed by atoms with Crippen LogP contribution in [0.15, 0.2) is 76.7 Å². The number of thiophene rings is 1. The van der Waals surface area contributed by atoms with Gasteiger partial charge in [-0.3, -0.25) is 14.2 Å². The average Bonchev–Trinajstić information content (AvgIpc) is 3.12. The van der Waals surface area contributed by atoms with Crippen LogP contribution in [-0.2, 0) is 4.79 Å². The highest BCUT2D eigenvalue weighted by Gasteiger charge is 2.17. The van der Waals surface area contributed by atoms with E-state index in [4.69, 9.17) is 5.11 Å². The lowest BCUT2D eigenvalue weighted by atomic mass is 10.2. The first-order valence-electron chi connectivity index (χ1n) is 8.15. The van der Waals surface area contributed by atoms with Crippen LogP contribution in [0.25, 0.3) is 26.3 Å². The van der Waals surface area contributed by atoms with E-state index in [9.17, 15) is 9.59 Å². The lowest BCUT2D eigenvalue weighted by Gasteiger charge is -2.11. The molecule has 0 aliphatic carbocycles. The third kappa shape index (κ3) is 3.51. The van der Waals surface area contributed by atoms with Gasteiger partial charge in [0.15, 0.2) is 5.16 Å². The molecule has 2 aromatic carbocycles. The van der Waals surface area contributed by atoms with Crippen molar-refractivity contribution < 1.29 is 9.90 Å². The van der Waals surface area contributed by atoms with E-state index in [1.54, 1.807) is 0 Å². The Balaban J connectivity index is 1.93. The summed E-state index contributed by atoms with van der Waals surface area (Å²) < 4.78 is 1.48. The smallest absolute Gasteiger partial charge is 0.313 e. The molecule has 27 heavy (non-hydrogen) atoms. The predicted octanol–water partition coefficient (Wildman–Crippen LogP) is 4.29. The number of aromatic nitrogens is 2. The SMILES string of the molecule is O=C(O)CSc1nc2sc(-c3ccccc3)cc2c(=O)n1-c1ccccc1. The van der Waals surface area contributed by atoms with Gasteiger partial charge in [0.2, 0.25) is 0 Å². The molecule has 4 aromatic rings. The normalized spacial score (nSPS) is 11.0. The minimum Gasteiger partial charge on any atom is -0.481 e. The van der Waals surface area contributed by atoms with Crippen molar-refractivity contribution >= 4 is 39.3 Å². The number of carboxylic acids is 1. The Kier molecular flexibility index (Phi) is 4.79. The Morgan fingerprint density at radius 2 is 1.74 bits per heavy atom. The molecule has 0 aliphatic rings.